The quantitative estimate of drug-likeness (QED) is 0.725. The fraction of sp³-hybridized carbons (Fsp3) is 0.750. The van der Waals surface area contributed by atoms with Crippen LogP contribution < -0.4 is 11.1 Å². The third-order valence-corrected chi connectivity index (χ3v) is 2.14. The first-order chi connectivity index (χ1) is 6.26. The zero-order valence-electron chi connectivity index (χ0n) is 8.08. The van der Waals surface area contributed by atoms with Gasteiger partial charge in [0.1, 0.15) is 0 Å². The van der Waals surface area contributed by atoms with Crippen LogP contribution in [0.4, 0.5) is 12.0 Å². The van der Waals surface area contributed by atoms with Crippen molar-refractivity contribution < 1.29 is 4.42 Å². The van der Waals surface area contributed by atoms with Crippen molar-refractivity contribution in [3.05, 3.63) is 0 Å². The lowest BCUT2D eigenvalue weighted by atomic mass is 10.0. The van der Waals surface area contributed by atoms with Gasteiger partial charge in [-0.15, -0.1) is 0 Å². The molecule has 0 amide bonds. The molecule has 74 valence electrons. The third-order valence-electron chi connectivity index (χ3n) is 2.14. The minimum absolute atomic E-state index is 0.104. The lowest BCUT2D eigenvalue weighted by Crippen LogP contribution is -2.12. The van der Waals surface area contributed by atoms with Crippen LogP contribution in [0, 0.1) is 5.92 Å². The predicted molar refractivity (Wildman–Crippen MR) is 51.3 cm³/mol. The van der Waals surface area contributed by atoms with Gasteiger partial charge < -0.3 is 15.5 Å². The van der Waals surface area contributed by atoms with E-state index in [2.05, 4.69) is 29.4 Å². The molecule has 3 N–H and O–H groups in total. The van der Waals surface area contributed by atoms with E-state index in [1.54, 1.807) is 0 Å². The number of nitrogen functional groups attached to an aromatic ring is 1. The molecule has 1 heterocycles. The third kappa shape index (κ3) is 2.93. The summed E-state index contributed by atoms with van der Waals surface area (Å²) >= 11 is 0. The standard InChI is InChI=1S/C8H16N4O/c1-3-6(4-2)5-10-8-12-11-7(9)13-8/h6H,3-5H2,1-2H3,(H2,9,11)(H,10,12). The fourth-order valence-electron chi connectivity index (χ4n) is 1.12. The van der Waals surface area contributed by atoms with Crippen LogP contribution >= 0.6 is 0 Å². The Bertz CT molecular complexity index is 244. The van der Waals surface area contributed by atoms with Crippen LogP contribution in [0.1, 0.15) is 26.7 Å². The molecule has 0 aromatic carbocycles. The highest BCUT2D eigenvalue weighted by Gasteiger charge is 2.06. The molecule has 1 aromatic rings. The van der Waals surface area contributed by atoms with Gasteiger partial charge in [0.25, 0.3) is 0 Å². The first-order valence-electron chi connectivity index (χ1n) is 4.59. The molecule has 0 aliphatic rings. The molecule has 13 heavy (non-hydrogen) atoms. The van der Waals surface area contributed by atoms with Crippen molar-refractivity contribution in [3.8, 4) is 0 Å². The van der Waals surface area contributed by atoms with Gasteiger partial charge in [-0.3, -0.25) is 0 Å². The molecule has 0 spiro atoms. The van der Waals surface area contributed by atoms with Gasteiger partial charge in [0.05, 0.1) is 0 Å². The lowest BCUT2D eigenvalue weighted by Gasteiger charge is -2.10. The Labute approximate surface area is 77.7 Å². The largest absolute Gasteiger partial charge is 0.390 e. The second-order valence-corrected chi connectivity index (χ2v) is 3.01. The minimum atomic E-state index is 0.104. The molecule has 5 nitrogen and oxygen atoms in total. The molecule has 1 aromatic heterocycles. The number of anilines is 2. The van der Waals surface area contributed by atoms with Gasteiger partial charge in [-0.2, -0.15) is 0 Å². The number of nitrogens with one attached hydrogen (secondary N) is 1. The maximum atomic E-state index is 5.27. The normalized spacial score (nSPS) is 10.7. The van der Waals surface area contributed by atoms with Crippen LogP contribution in [0.25, 0.3) is 0 Å². The van der Waals surface area contributed by atoms with Crippen LogP contribution in [-0.4, -0.2) is 16.7 Å². The maximum absolute atomic E-state index is 5.27. The monoisotopic (exact) mass is 184 g/mol. The van der Waals surface area contributed by atoms with Gasteiger partial charge in [-0.05, 0) is 5.92 Å². The Morgan fingerprint density at radius 3 is 2.54 bits per heavy atom. The van der Waals surface area contributed by atoms with E-state index >= 15 is 0 Å². The van der Waals surface area contributed by atoms with Crippen molar-refractivity contribution in [2.24, 2.45) is 5.92 Å². The Hall–Kier alpha value is -1.26. The number of aromatic nitrogens is 2. The molecule has 0 bridgehead atoms. The van der Waals surface area contributed by atoms with Crippen molar-refractivity contribution in [3.63, 3.8) is 0 Å². The first kappa shape index (κ1) is 9.83. The van der Waals surface area contributed by atoms with Crippen LogP contribution in [0.3, 0.4) is 0 Å². The predicted octanol–water partition coefficient (Wildman–Crippen LogP) is 1.50. The van der Waals surface area contributed by atoms with E-state index in [1.165, 1.54) is 0 Å². The van der Waals surface area contributed by atoms with Gasteiger partial charge in [0, 0.05) is 6.54 Å². The summed E-state index contributed by atoms with van der Waals surface area (Å²) in [5.74, 6) is 0.646. The molecule has 0 aliphatic carbocycles. The van der Waals surface area contributed by atoms with Gasteiger partial charge in [0.15, 0.2) is 0 Å². The Morgan fingerprint density at radius 1 is 1.38 bits per heavy atom. The fourth-order valence-corrected chi connectivity index (χ4v) is 1.12. The lowest BCUT2D eigenvalue weighted by molar-refractivity contribution is 0.504. The van der Waals surface area contributed by atoms with Crippen molar-refractivity contribution >= 4 is 12.0 Å². The van der Waals surface area contributed by atoms with E-state index in [-0.39, 0.29) is 6.01 Å². The van der Waals surface area contributed by atoms with E-state index < -0.39 is 0 Å². The van der Waals surface area contributed by atoms with Gasteiger partial charge >= 0.3 is 12.0 Å². The highest BCUT2D eigenvalue weighted by atomic mass is 16.4. The van der Waals surface area contributed by atoms with Crippen molar-refractivity contribution in [2.45, 2.75) is 26.7 Å². The summed E-state index contributed by atoms with van der Waals surface area (Å²) in [4.78, 5) is 0. The smallest absolute Gasteiger partial charge is 0.316 e. The van der Waals surface area contributed by atoms with Crippen LogP contribution in [0.15, 0.2) is 4.42 Å². The summed E-state index contributed by atoms with van der Waals surface area (Å²) in [6.07, 6.45) is 2.29. The summed E-state index contributed by atoms with van der Waals surface area (Å²) < 4.78 is 4.97. The number of nitrogens with zero attached hydrogens (tertiary/aromatic N) is 2. The average molecular weight is 184 g/mol. The van der Waals surface area contributed by atoms with Gasteiger partial charge in [-0.1, -0.05) is 36.9 Å². The van der Waals surface area contributed by atoms with E-state index in [0.717, 1.165) is 19.4 Å². The van der Waals surface area contributed by atoms with E-state index in [0.29, 0.717) is 11.9 Å². The van der Waals surface area contributed by atoms with Crippen LogP contribution in [0.5, 0.6) is 0 Å². The Kier molecular flexibility index (Phi) is 3.54. The van der Waals surface area contributed by atoms with Crippen molar-refractivity contribution in [2.75, 3.05) is 17.6 Å². The Balaban J connectivity index is 2.33. The summed E-state index contributed by atoms with van der Waals surface area (Å²) in [6.45, 7) is 5.19. The average Bonchev–Trinajstić information content (AvgIpc) is 2.53. The van der Waals surface area contributed by atoms with Crippen LogP contribution in [-0.2, 0) is 0 Å². The maximum Gasteiger partial charge on any atom is 0.316 e. The second-order valence-electron chi connectivity index (χ2n) is 3.01. The zero-order valence-corrected chi connectivity index (χ0v) is 8.08. The number of hydrogen-bond donors (Lipinski definition) is 2. The highest BCUT2D eigenvalue weighted by Crippen LogP contribution is 2.10. The molecular weight excluding hydrogens is 168 g/mol. The summed E-state index contributed by atoms with van der Waals surface area (Å²) in [5, 5.41) is 10.3. The van der Waals surface area contributed by atoms with Crippen LogP contribution in [0.2, 0.25) is 0 Å². The number of rotatable bonds is 5. The van der Waals surface area contributed by atoms with Crippen molar-refractivity contribution in [1.82, 2.24) is 10.2 Å². The van der Waals surface area contributed by atoms with E-state index in [4.69, 9.17) is 10.2 Å². The van der Waals surface area contributed by atoms with Crippen molar-refractivity contribution in [1.29, 1.82) is 0 Å². The zero-order chi connectivity index (χ0) is 9.68. The highest BCUT2D eigenvalue weighted by molar-refractivity contribution is 5.22. The molecular formula is C8H16N4O. The van der Waals surface area contributed by atoms with Gasteiger partial charge in [-0.25, -0.2) is 0 Å². The molecule has 5 heteroatoms. The summed E-state index contributed by atoms with van der Waals surface area (Å²) in [6, 6.07) is 0.511. The molecule has 0 fully saturated rings. The van der Waals surface area contributed by atoms with E-state index in [9.17, 15) is 0 Å². The second kappa shape index (κ2) is 4.69. The number of hydrogen-bond acceptors (Lipinski definition) is 5. The molecule has 0 saturated heterocycles. The van der Waals surface area contributed by atoms with Gasteiger partial charge in [0.2, 0.25) is 0 Å². The Morgan fingerprint density at radius 2 is 2.08 bits per heavy atom. The summed E-state index contributed by atoms with van der Waals surface area (Å²) in [7, 11) is 0. The number of nitrogens with two attached hydrogens (primary N) is 1. The summed E-state index contributed by atoms with van der Waals surface area (Å²) in [5.41, 5.74) is 5.27. The van der Waals surface area contributed by atoms with E-state index in [1.807, 2.05) is 0 Å². The molecule has 0 radical (unpaired) electrons. The SMILES string of the molecule is CCC(CC)CNc1nnc(N)o1. The molecule has 0 saturated carbocycles. The topological polar surface area (TPSA) is 77.0 Å². The minimum Gasteiger partial charge on any atom is -0.390 e. The molecule has 1 rings (SSSR count). The first-order valence-corrected chi connectivity index (χ1v) is 4.59. The molecule has 0 atom stereocenters. The molecule has 0 aliphatic heterocycles. The molecule has 0 unspecified atom stereocenters.